The highest BCUT2D eigenvalue weighted by Crippen LogP contribution is 2.19. The molecule has 25 heavy (non-hydrogen) atoms. The number of hydrogen-bond acceptors (Lipinski definition) is 6. The number of hydrogen-bond donors (Lipinski definition) is 2. The van der Waals surface area contributed by atoms with E-state index < -0.39 is 0 Å². The first-order valence-electron chi connectivity index (χ1n) is 7.46. The van der Waals surface area contributed by atoms with Gasteiger partial charge in [0.25, 0.3) is 0 Å². The molecule has 0 aliphatic heterocycles. The molecule has 0 bridgehead atoms. The highest BCUT2D eigenvalue weighted by Gasteiger charge is 2.10. The van der Waals surface area contributed by atoms with E-state index in [9.17, 15) is 9.59 Å². The molecule has 10 heteroatoms. The topological polar surface area (TPSA) is 118 Å². The number of nitrogens with one attached hydrogen (secondary N) is 2. The molecule has 0 aliphatic carbocycles. The SMILES string of the molecule is Cc1nc2cc(NC(=O)Cn3cc(NC(=O)N(C)C)nn3)ccc2o1. The summed E-state index contributed by atoms with van der Waals surface area (Å²) in [5, 5.41) is 12.9. The third kappa shape index (κ3) is 3.91. The van der Waals surface area contributed by atoms with Gasteiger partial charge in [-0.25, -0.2) is 14.5 Å². The number of fused-ring (bicyclic) bond motifs is 1. The second-order valence-electron chi connectivity index (χ2n) is 5.59. The van der Waals surface area contributed by atoms with Gasteiger partial charge in [-0.05, 0) is 18.2 Å². The van der Waals surface area contributed by atoms with E-state index in [-0.39, 0.29) is 24.3 Å². The Hall–Kier alpha value is -3.43. The number of urea groups is 1. The molecule has 3 aromatic rings. The summed E-state index contributed by atoms with van der Waals surface area (Å²) in [6, 6.07) is 4.88. The van der Waals surface area contributed by atoms with E-state index in [1.165, 1.54) is 15.8 Å². The lowest BCUT2D eigenvalue weighted by Gasteiger charge is -2.09. The molecule has 0 unspecified atom stereocenters. The van der Waals surface area contributed by atoms with E-state index in [1.54, 1.807) is 39.2 Å². The van der Waals surface area contributed by atoms with Crippen LogP contribution in [0.15, 0.2) is 28.8 Å². The molecule has 130 valence electrons. The summed E-state index contributed by atoms with van der Waals surface area (Å²) in [4.78, 5) is 29.3. The standard InChI is InChI=1S/C15H17N7O3/c1-9-16-11-6-10(4-5-12(11)25-9)17-14(23)8-22-7-13(19-20-22)18-15(24)21(2)3/h4-7H,8H2,1-3H3,(H,17,23)(H,18,24). The molecule has 1 aromatic carbocycles. The molecular weight excluding hydrogens is 326 g/mol. The fourth-order valence-electron chi connectivity index (χ4n) is 2.12. The Morgan fingerprint density at radius 3 is 2.84 bits per heavy atom. The van der Waals surface area contributed by atoms with Gasteiger partial charge in [-0.2, -0.15) is 0 Å². The van der Waals surface area contributed by atoms with Crippen molar-refractivity contribution in [3.63, 3.8) is 0 Å². The van der Waals surface area contributed by atoms with Crippen LogP contribution in [0.5, 0.6) is 0 Å². The number of carbonyl (C=O) groups excluding carboxylic acids is 2. The molecule has 0 aliphatic rings. The number of oxazole rings is 1. The van der Waals surface area contributed by atoms with Gasteiger partial charge in [0.2, 0.25) is 5.91 Å². The third-order valence-electron chi connectivity index (χ3n) is 3.26. The van der Waals surface area contributed by atoms with Crippen LogP contribution in [0.4, 0.5) is 16.3 Å². The van der Waals surface area contributed by atoms with Gasteiger partial charge in [0.05, 0.1) is 6.20 Å². The van der Waals surface area contributed by atoms with Crippen LogP contribution < -0.4 is 10.6 Å². The van der Waals surface area contributed by atoms with E-state index in [4.69, 9.17) is 4.42 Å². The molecule has 0 saturated carbocycles. The van der Waals surface area contributed by atoms with Gasteiger partial charge in [0.15, 0.2) is 17.3 Å². The highest BCUT2D eigenvalue weighted by atomic mass is 16.3. The van der Waals surface area contributed by atoms with Crippen molar-refractivity contribution in [2.45, 2.75) is 13.5 Å². The Morgan fingerprint density at radius 2 is 2.08 bits per heavy atom. The lowest BCUT2D eigenvalue weighted by molar-refractivity contribution is -0.116. The van der Waals surface area contributed by atoms with E-state index >= 15 is 0 Å². The number of nitrogens with zero attached hydrogens (tertiary/aromatic N) is 5. The molecule has 0 saturated heterocycles. The van der Waals surface area contributed by atoms with Crippen LogP contribution in [0.2, 0.25) is 0 Å². The molecular formula is C15H17N7O3. The lowest BCUT2D eigenvalue weighted by atomic mass is 10.3. The fourth-order valence-corrected chi connectivity index (χ4v) is 2.12. The Bertz CT molecular complexity index is 928. The van der Waals surface area contributed by atoms with Gasteiger partial charge in [0.1, 0.15) is 12.1 Å². The Morgan fingerprint density at radius 1 is 1.28 bits per heavy atom. The van der Waals surface area contributed by atoms with Crippen LogP contribution in [-0.2, 0) is 11.3 Å². The number of benzene rings is 1. The molecule has 2 aromatic heterocycles. The molecule has 2 heterocycles. The number of aromatic nitrogens is 4. The first kappa shape index (κ1) is 16.4. The van der Waals surface area contributed by atoms with Crippen LogP contribution in [0, 0.1) is 6.92 Å². The summed E-state index contributed by atoms with van der Waals surface area (Å²) in [5.74, 6) is 0.550. The molecule has 0 fully saturated rings. The van der Waals surface area contributed by atoms with Crippen molar-refractivity contribution in [2.24, 2.45) is 0 Å². The van der Waals surface area contributed by atoms with Crippen molar-refractivity contribution in [1.82, 2.24) is 24.9 Å². The normalized spacial score (nSPS) is 10.7. The summed E-state index contributed by atoms with van der Waals surface area (Å²) in [7, 11) is 3.22. The molecule has 3 rings (SSSR count). The zero-order valence-electron chi connectivity index (χ0n) is 14.0. The van der Waals surface area contributed by atoms with Crippen LogP contribution in [0.25, 0.3) is 11.1 Å². The number of aryl methyl sites for hydroxylation is 1. The van der Waals surface area contributed by atoms with Crippen molar-refractivity contribution in [1.29, 1.82) is 0 Å². The number of rotatable bonds is 4. The summed E-state index contributed by atoms with van der Waals surface area (Å²) in [6.45, 7) is 1.72. The first-order valence-corrected chi connectivity index (χ1v) is 7.46. The summed E-state index contributed by atoms with van der Waals surface area (Å²) in [6.07, 6.45) is 1.48. The minimum atomic E-state index is -0.326. The number of anilines is 2. The van der Waals surface area contributed by atoms with Crippen molar-refractivity contribution >= 4 is 34.5 Å². The molecule has 0 atom stereocenters. The maximum atomic E-state index is 12.1. The van der Waals surface area contributed by atoms with Gasteiger partial charge in [-0.15, -0.1) is 5.10 Å². The van der Waals surface area contributed by atoms with E-state index in [1.807, 2.05) is 0 Å². The molecule has 0 radical (unpaired) electrons. The Kier molecular flexibility index (Phi) is 4.33. The predicted molar refractivity (Wildman–Crippen MR) is 90.1 cm³/mol. The largest absolute Gasteiger partial charge is 0.441 e. The van der Waals surface area contributed by atoms with Gasteiger partial charge in [-0.1, -0.05) is 5.21 Å². The van der Waals surface area contributed by atoms with Gasteiger partial charge >= 0.3 is 6.03 Å². The maximum Gasteiger partial charge on any atom is 0.322 e. The summed E-state index contributed by atoms with van der Waals surface area (Å²) < 4.78 is 6.72. The van der Waals surface area contributed by atoms with E-state index in [2.05, 4.69) is 25.9 Å². The zero-order valence-corrected chi connectivity index (χ0v) is 14.0. The van der Waals surface area contributed by atoms with Crippen molar-refractivity contribution in [3.05, 3.63) is 30.3 Å². The zero-order chi connectivity index (χ0) is 18.0. The summed E-state index contributed by atoms with van der Waals surface area (Å²) >= 11 is 0. The van der Waals surface area contributed by atoms with Gasteiger partial charge in [0, 0.05) is 26.7 Å². The Labute approximate surface area is 142 Å². The average Bonchev–Trinajstić information content (AvgIpc) is 3.11. The van der Waals surface area contributed by atoms with Crippen LogP contribution >= 0.6 is 0 Å². The predicted octanol–water partition coefficient (Wildman–Crippen LogP) is 1.46. The molecule has 0 spiro atoms. The number of amides is 3. The molecule has 10 nitrogen and oxygen atoms in total. The van der Waals surface area contributed by atoms with Crippen LogP contribution in [0.3, 0.4) is 0 Å². The maximum absolute atomic E-state index is 12.1. The second-order valence-corrected chi connectivity index (χ2v) is 5.59. The Balaban J connectivity index is 1.61. The average molecular weight is 343 g/mol. The summed E-state index contributed by atoms with van der Waals surface area (Å²) in [5.41, 5.74) is 1.94. The quantitative estimate of drug-likeness (QED) is 0.740. The van der Waals surface area contributed by atoms with E-state index in [0.29, 0.717) is 22.7 Å². The van der Waals surface area contributed by atoms with Crippen molar-refractivity contribution in [3.8, 4) is 0 Å². The number of carbonyl (C=O) groups is 2. The van der Waals surface area contributed by atoms with Gasteiger partial charge < -0.3 is 14.6 Å². The van der Waals surface area contributed by atoms with E-state index in [0.717, 1.165) is 0 Å². The van der Waals surface area contributed by atoms with Crippen molar-refractivity contribution < 1.29 is 14.0 Å². The van der Waals surface area contributed by atoms with Gasteiger partial charge in [-0.3, -0.25) is 10.1 Å². The third-order valence-corrected chi connectivity index (χ3v) is 3.26. The molecule has 3 amide bonds. The molecule has 2 N–H and O–H groups in total. The smallest absolute Gasteiger partial charge is 0.322 e. The van der Waals surface area contributed by atoms with Crippen LogP contribution in [-0.4, -0.2) is 50.9 Å². The second kappa shape index (κ2) is 6.59. The minimum Gasteiger partial charge on any atom is -0.441 e. The van der Waals surface area contributed by atoms with Crippen molar-refractivity contribution in [2.75, 3.05) is 24.7 Å². The fraction of sp³-hybridized carbons (Fsp3) is 0.267. The first-order chi connectivity index (χ1) is 11.9. The monoisotopic (exact) mass is 343 g/mol. The lowest BCUT2D eigenvalue weighted by Crippen LogP contribution is -2.27. The van der Waals surface area contributed by atoms with Crippen LogP contribution in [0.1, 0.15) is 5.89 Å². The highest BCUT2D eigenvalue weighted by molar-refractivity contribution is 5.92. The minimum absolute atomic E-state index is 0.0410.